The molecule has 6 nitrogen and oxygen atoms in total. The number of benzene rings is 2. The number of pyridine rings is 1. The van der Waals surface area contributed by atoms with E-state index >= 15 is 0 Å². The van der Waals surface area contributed by atoms with Crippen molar-refractivity contribution in [2.75, 3.05) is 5.75 Å². The Morgan fingerprint density at radius 3 is 2.60 bits per heavy atom. The first kappa shape index (κ1) is 19.8. The van der Waals surface area contributed by atoms with Gasteiger partial charge in [0.1, 0.15) is 5.37 Å². The first-order chi connectivity index (χ1) is 14.7. The second-order valence-electron chi connectivity index (χ2n) is 6.75. The molecule has 0 spiro atoms. The Morgan fingerprint density at radius 2 is 1.87 bits per heavy atom. The van der Waals surface area contributed by atoms with E-state index < -0.39 is 0 Å². The minimum absolute atomic E-state index is 0.0583. The molecule has 7 heteroatoms. The molecule has 1 aromatic heterocycles. The smallest absolute Gasteiger partial charge is 0.271 e. The number of hydrazone groups is 1. The lowest BCUT2D eigenvalue weighted by Gasteiger charge is -2.24. The highest BCUT2D eigenvalue weighted by molar-refractivity contribution is 8.00. The molecule has 1 saturated heterocycles. The number of carbonyl (C=O) groups is 2. The van der Waals surface area contributed by atoms with Crippen LogP contribution in [0, 0.1) is 0 Å². The van der Waals surface area contributed by atoms with Gasteiger partial charge in [-0.3, -0.25) is 14.6 Å². The van der Waals surface area contributed by atoms with Crippen LogP contribution in [0.2, 0.25) is 0 Å². The van der Waals surface area contributed by atoms with Gasteiger partial charge in [-0.1, -0.05) is 48.5 Å². The summed E-state index contributed by atoms with van der Waals surface area (Å²) in [7, 11) is 0. The third-order valence-corrected chi connectivity index (χ3v) is 5.93. The maximum absolute atomic E-state index is 12.4. The summed E-state index contributed by atoms with van der Waals surface area (Å²) >= 11 is 1.60. The fourth-order valence-corrected chi connectivity index (χ4v) is 4.34. The molecule has 2 amide bonds. The van der Waals surface area contributed by atoms with Gasteiger partial charge in [-0.05, 0) is 35.4 Å². The average Bonchev–Trinajstić information content (AvgIpc) is 3.15. The zero-order valence-corrected chi connectivity index (χ0v) is 17.0. The summed E-state index contributed by atoms with van der Waals surface area (Å²) in [5, 5.41) is 3.88. The van der Waals surface area contributed by atoms with Crippen molar-refractivity contribution in [3.05, 3.63) is 101 Å². The number of rotatable bonds is 6. The van der Waals surface area contributed by atoms with Crippen LogP contribution in [-0.4, -0.2) is 33.7 Å². The van der Waals surface area contributed by atoms with Gasteiger partial charge in [0.25, 0.3) is 5.91 Å². The number of amides is 2. The zero-order valence-electron chi connectivity index (χ0n) is 16.1. The Labute approximate surface area is 179 Å². The average molecular weight is 417 g/mol. The third-order valence-electron chi connectivity index (χ3n) is 4.67. The minimum Gasteiger partial charge on any atom is -0.322 e. The number of aromatic nitrogens is 1. The molecule has 1 atom stereocenters. The van der Waals surface area contributed by atoms with Crippen molar-refractivity contribution >= 4 is 29.8 Å². The molecule has 3 aromatic rings. The second kappa shape index (κ2) is 9.37. The van der Waals surface area contributed by atoms with Crippen molar-refractivity contribution in [2.24, 2.45) is 5.10 Å². The molecule has 1 N–H and O–H groups in total. The van der Waals surface area contributed by atoms with Crippen LogP contribution >= 0.6 is 11.8 Å². The predicted molar refractivity (Wildman–Crippen MR) is 118 cm³/mol. The fraction of sp³-hybridized carbons (Fsp3) is 0.130. The Bertz CT molecular complexity index is 1040. The maximum Gasteiger partial charge on any atom is 0.271 e. The van der Waals surface area contributed by atoms with Crippen molar-refractivity contribution in [1.29, 1.82) is 0 Å². The highest BCUT2D eigenvalue weighted by Crippen LogP contribution is 2.39. The van der Waals surface area contributed by atoms with Gasteiger partial charge in [-0.15, -0.1) is 11.8 Å². The van der Waals surface area contributed by atoms with Crippen molar-refractivity contribution in [3.63, 3.8) is 0 Å². The summed E-state index contributed by atoms with van der Waals surface area (Å²) in [5.74, 6) is 0.284. The molecular weight excluding hydrogens is 396 g/mol. The first-order valence-electron chi connectivity index (χ1n) is 9.50. The summed E-state index contributed by atoms with van der Waals surface area (Å²) in [4.78, 5) is 30.7. The third kappa shape index (κ3) is 4.75. The largest absolute Gasteiger partial charge is 0.322 e. The monoisotopic (exact) mass is 416 g/mol. The van der Waals surface area contributed by atoms with Crippen LogP contribution in [0.25, 0.3) is 0 Å². The van der Waals surface area contributed by atoms with Crippen LogP contribution in [0.15, 0.2) is 84.1 Å². The molecule has 150 valence electrons. The Balaban J connectivity index is 1.41. The van der Waals surface area contributed by atoms with Gasteiger partial charge in [0, 0.05) is 18.3 Å². The number of nitrogens with one attached hydrogen (secondary N) is 1. The molecule has 2 aromatic carbocycles. The van der Waals surface area contributed by atoms with Crippen LogP contribution in [0.1, 0.15) is 32.6 Å². The predicted octanol–water partition coefficient (Wildman–Crippen LogP) is 3.62. The molecule has 2 heterocycles. The molecule has 1 fully saturated rings. The summed E-state index contributed by atoms with van der Waals surface area (Å²) in [6.07, 6.45) is 3.16. The summed E-state index contributed by atoms with van der Waals surface area (Å²) in [6, 6.07) is 22.7. The Morgan fingerprint density at radius 1 is 1.10 bits per heavy atom. The van der Waals surface area contributed by atoms with E-state index in [1.54, 1.807) is 36.2 Å². The highest BCUT2D eigenvalue weighted by atomic mass is 32.2. The van der Waals surface area contributed by atoms with Gasteiger partial charge in [0.15, 0.2) is 0 Å². The van der Waals surface area contributed by atoms with Crippen LogP contribution in [0.5, 0.6) is 0 Å². The molecule has 0 bridgehead atoms. The SMILES string of the molecule is O=C(N/N=C\c1ccccn1)c1ccc([C@H]2SCC(=O)N2Cc2ccccc2)cc1. The molecule has 0 unspecified atom stereocenters. The first-order valence-corrected chi connectivity index (χ1v) is 10.5. The quantitative estimate of drug-likeness (QED) is 0.492. The van der Waals surface area contributed by atoms with Crippen LogP contribution in [0.4, 0.5) is 0 Å². The maximum atomic E-state index is 12.4. The molecule has 1 aliphatic rings. The van der Waals surface area contributed by atoms with Gasteiger partial charge in [-0.2, -0.15) is 5.10 Å². The number of carbonyl (C=O) groups excluding carboxylic acids is 2. The van der Waals surface area contributed by atoms with Gasteiger partial charge >= 0.3 is 0 Å². The van der Waals surface area contributed by atoms with E-state index in [9.17, 15) is 9.59 Å². The number of thioether (sulfide) groups is 1. The number of hydrogen-bond acceptors (Lipinski definition) is 5. The van der Waals surface area contributed by atoms with Gasteiger partial charge in [0.2, 0.25) is 5.91 Å². The molecule has 0 aliphatic carbocycles. The van der Waals surface area contributed by atoms with Crippen molar-refractivity contribution in [1.82, 2.24) is 15.3 Å². The summed E-state index contributed by atoms with van der Waals surface area (Å²) in [6.45, 7) is 0.571. The molecule has 0 radical (unpaired) electrons. The molecule has 0 saturated carbocycles. The number of hydrogen-bond donors (Lipinski definition) is 1. The zero-order chi connectivity index (χ0) is 20.8. The second-order valence-corrected chi connectivity index (χ2v) is 7.81. The van der Waals surface area contributed by atoms with Crippen molar-refractivity contribution in [2.45, 2.75) is 11.9 Å². The fourth-order valence-electron chi connectivity index (χ4n) is 3.15. The normalized spacial score (nSPS) is 16.2. The Kier molecular flexibility index (Phi) is 6.20. The van der Waals surface area contributed by atoms with Gasteiger partial charge < -0.3 is 4.90 Å². The van der Waals surface area contributed by atoms with E-state index in [0.29, 0.717) is 23.6 Å². The van der Waals surface area contributed by atoms with E-state index in [-0.39, 0.29) is 17.2 Å². The van der Waals surface area contributed by atoms with Gasteiger partial charge in [0.05, 0.1) is 17.7 Å². The molecule has 1 aliphatic heterocycles. The van der Waals surface area contributed by atoms with Crippen LogP contribution in [0.3, 0.4) is 0 Å². The topological polar surface area (TPSA) is 74.7 Å². The van der Waals surface area contributed by atoms with E-state index in [1.807, 2.05) is 59.5 Å². The van der Waals surface area contributed by atoms with E-state index in [4.69, 9.17) is 0 Å². The van der Waals surface area contributed by atoms with Crippen LogP contribution < -0.4 is 5.43 Å². The van der Waals surface area contributed by atoms with E-state index in [1.165, 1.54) is 6.21 Å². The van der Waals surface area contributed by atoms with Crippen molar-refractivity contribution in [3.8, 4) is 0 Å². The summed E-state index contributed by atoms with van der Waals surface area (Å²) in [5.41, 5.74) is 5.76. The Hall–Kier alpha value is -3.45. The standard InChI is InChI=1S/C23H20N4O2S/c28-21-16-30-23(27(21)15-17-6-2-1-3-7-17)19-11-9-18(10-12-19)22(29)26-25-14-20-8-4-5-13-24-20/h1-14,23H,15-16H2,(H,26,29)/b25-14-/t23-/m1/s1. The lowest BCUT2D eigenvalue weighted by Crippen LogP contribution is -2.27. The van der Waals surface area contributed by atoms with Gasteiger partial charge in [-0.25, -0.2) is 5.43 Å². The molecule has 4 rings (SSSR count). The summed E-state index contributed by atoms with van der Waals surface area (Å²) < 4.78 is 0. The molecular formula is C23H20N4O2S. The van der Waals surface area contributed by atoms with E-state index in [2.05, 4.69) is 15.5 Å². The lowest BCUT2D eigenvalue weighted by atomic mass is 10.1. The van der Waals surface area contributed by atoms with E-state index in [0.717, 1.165) is 11.1 Å². The van der Waals surface area contributed by atoms with Crippen LogP contribution in [-0.2, 0) is 11.3 Å². The molecule has 30 heavy (non-hydrogen) atoms. The van der Waals surface area contributed by atoms with Crippen molar-refractivity contribution < 1.29 is 9.59 Å². The lowest BCUT2D eigenvalue weighted by molar-refractivity contribution is -0.128. The highest BCUT2D eigenvalue weighted by Gasteiger charge is 2.32. The number of nitrogens with zero attached hydrogens (tertiary/aromatic N) is 3. The minimum atomic E-state index is -0.301.